The smallest absolute Gasteiger partial charge is 0.0731 e. The van der Waals surface area contributed by atoms with E-state index >= 15 is 0 Å². The Hall–Kier alpha value is -0.908. The molecule has 3 heteroatoms. The van der Waals surface area contributed by atoms with E-state index in [1.165, 1.54) is 22.5 Å². The summed E-state index contributed by atoms with van der Waals surface area (Å²) < 4.78 is 2.24. The third-order valence-corrected chi connectivity index (χ3v) is 4.15. The largest absolute Gasteiger partial charge is 0.266 e. The van der Waals surface area contributed by atoms with Crippen LogP contribution in [0.15, 0.2) is 30.3 Å². The number of benzene rings is 1. The Morgan fingerprint density at radius 1 is 1.00 bits per heavy atom. The van der Waals surface area contributed by atoms with Crippen molar-refractivity contribution in [3.8, 4) is 11.1 Å². The molecule has 1 atom stereocenters. The molecule has 0 spiro atoms. The van der Waals surface area contributed by atoms with Crippen molar-refractivity contribution in [2.45, 2.75) is 65.8 Å². The normalized spacial score (nSPS) is 12.5. The van der Waals surface area contributed by atoms with Gasteiger partial charge in [0.15, 0.2) is 0 Å². The van der Waals surface area contributed by atoms with Crippen LogP contribution in [0.1, 0.15) is 77.2 Å². The van der Waals surface area contributed by atoms with E-state index in [9.17, 15) is 0 Å². The van der Waals surface area contributed by atoms with Crippen LogP contribution in [0.5, 0.6) is 0 Å². The van der Waals surface area contributed by atoms with Gasteiger partial charge in [-0.2, -0.15) is 5.10 Å². The van der Waals surface area contributed by atoms with Gasteiger partial charge in [0, 0.05) is 37.7 Å². The van der Waals surface area contributed by atoms with Gasteiger partial charge in [-0.3, -0.25) is 4.68 Å². The Balaban J connectivity index is 0.00000242. The zero-order chi connectivity index (χ0) is 15.6. The summed E-state index contributed by atoms with van der Waals surface area (Å²) in [4.78, 5) is 0. The molecule has 0 aliphatic rings. The molecule has 0 fully saturated rings. The minimum absolute atomic E-state index is 0. The molecule has 0 aliphatic carbocycles. The summed E-state index contributed by atoms with van der Waals surface area (Å²) in [5, 5.41) is 4.97. The van der Waals surface area contributed by atoms with E-state index < -0.39 is 0 Å². The van der Waals surface area contributed by atoms with Gasteiger partial charge in [-0.1, -0.05) is 58.0 Å². The first kappa shape index (κ1) is 19.1. The zero-order valence-electron chi connectivity index (χ0n) is 14.5. The minimum atomic E-state index is 0. The molecule has 124 valence electrons. The summed E-state index contributed by atoms with van der Waals surface area (Å²) in [6, 6.07) is 11.1. The van der Waals surface area contributed by atoms with E-state index in [1.807, 2.05) is 0 Å². The van der Waals surface area contributed by atoms with Gasteiger partial charge in [-0.15, -0.1) is 0 Å². The fourth-order valence-electron chi connectivity index (χ4n) is 2.83. The van der Waals surface area contributed by atoms with Crippen molar-refractivity contribution < 1.29 is 20.4 Å². The Morgan fingerprint density at radius 2 is 1.59 bits per heavy atom. The predicted molar refractivity (Wildman–Crippen MR) is 90.8 cm³/mol. The third kappa shape index (κ3) is 3.70. The molecule has 1 unspecified atom stereocenters. The summed E-state index contributed by atoms with van der Waals surface area (Å²) in [5.41, 5.74) is 5.27. The topological polar surface area (TPSA) is 17.8 Å². The fourth-order valence-corrected chi connectivity index (χ4v) is 2.83. The van der Waals surface area contributed by atoms with Crippen molar-refractivity contribution in [1.82, 2.24) is 9.78 Å². The van der Waals surface area contributed by atoms with E-state index in [4.69, 9.17) is 5.10 Å². The molecule has 1 aromatic heterocycles. The molecule has 2 aromatic rings. The van der Waals surface area contributed by atoms with Crippen LogP contribution in [0.4, 0.5) is 0 Å². The maximum absolute atomic E-state index is 4.97. The molecule has 0 bridgehead atoms. The van der Waals surface area contributed by atoms with Gasteiger partial charge in [0.2, 0.25) is 0 Å². The van der Waals surface area contributed by atoms with E-state index in [0.717, 1.165) is 6.42 Å². The Kier molecular flexibility index (Phi) is 7.04. The van der Waals surface area contributed by atoms with Crippen LogP contribution < -0.4 is 0 Å². The summed E-state index contributed by atoms with van der Waals surface area (Å²) in [6.45, 7) is 13.5. The molecule has 0 amide bonds. The van der Waals surface area contributed by atoms with Crippen LogP contribution in [0.3, 0.4) is 0 Å². The average Bonchev–Trinajstić information content (AvgIpc) is 2.88. The molecule has 0 saturated carbocycles. The summed E-state index contributed by atoms with van der Waals surface area (Å²) >= 11 is 0. The zero-order valence-corrected chi connectivity index (χ0v) is 16.1. The second-order valence-corrected chi connectivity index (χ2v) is 6.51. The SMILES string of the molecule is CCC(C)c1c(-c2ccccc2)c(C(C)C)nn1C(C)C.[Pd]. The second-order valence-electron chi connectivity index (χ2n) is 6.51. The third-order valence-electron chi connectivity index (χ3n) is 4.15. The molecule has 0 saturated heterocycles. The van der Waals surface area contributed by atoms with Crippen LogP contribution in [0, 0.1) is 0 Å². The molecule has 2 rings (SSSR count). The number of aromatic nitrogens is 2. The first-order valence-corrected chi connectivity index (χ1v) is 8.15. The van der Waals surface area contributed by atoms with Crippen LogP contribution in [-0.2, 0) is 20.4 Å². The number of hydrogen-bond acceptors (Lipinski definition) is 1. The van der Waals surface area contributed by atoms with Crippen LogP contribution in [0.2, 0.25) is 0 Å². The van der Waals surface area contributed by atoms with E-state index in [2.05, 4.69) is 76.6 Å². The van der Waals surface area contributed by atoms with E-state index in [1.54, 1.807) is 0 Å². The number of hydrogen-bond donors (Lipinski definition) is 0. The maximum Gasteiger partial charge on any atom is 0.0731 e. The Bertz CT molecular complexity index is 585. The van der Waals surface area contributed by atoms with Gasteiger partial charge in [0.1, 0.15) is 0 Å². The quantitative estimate of drug-likeness (QED) is 0.593. The van der Waals surface area contributed by atoms with Crippen molar-refractivity contribution in [3.05, 3.63) is 41.7 Å². The molecule has 22 heavy (non-hydrogen) atoms. The molecule has 1 heterocycles. The summed E-state index contributed by atoms with van der Waals surface area (Å²) in [5.74, 6) is 0.950. The first-order chi connectivity index (χ1) is 9.97. The molecule has 0 radical (unpaired) electrons. The Labute approximate surface area is 149 Å². The molecule has 0 aliphatic heterocycles. The standard InChI is InChI=1S/C19H28N2.Pd/c1-7-15(6)19-17(16-11-9-8-10-12-16)18(13(2)3)20-21(19)14(4)5;/h8-15H,7H2,1-6H3;. The van der Waals surface area contributed by atoms with Crippen LogP contribution in [-0.4, -0.2) is 9.78 Å². The van der Waals surface area contributed by atoms with Gasteiger partial charge < -0.3 is 0 Å². The van der Waals surface area contributed by atoms with Crippen molar-refractivity contribution in [3.63, 3.8) is 0 Å². The number of rotatable bonds is 5. The van der Waals surface area contributed by atoms with E-state index in [0.29, 0.717) is 17.9 Å². The van der Waals surface area contributed by atoms with Gasteiger partial charge in [-0.05, 0) is 37.7 Å². The monoisotopic (exact) mass is 390 g/mol. The van der Waals surface area contributed by atoms with E-state index in [-0.39, 0.29) is 20.4 Å². The van der Waals surface area contributed by atoms with Gasteiger partial charge >= 0.3 is 0 Å². The maximum atomic E-state index is 4.97. The minimum Gasteiger partial charge on any atom is -0.266 e. The van der Waals surface area contributed by atoms with Crippen molar-refractivity contribution in [2.24, 2.45) is 0 Å². The number of nitrogens with zero attached hydrogens (tertiary/aromatic N) is 2. The molecule has 1 aromatic carbocycles. The van der Waals surface area contributed by atoms with Crippen molar-refractivity contribution in [1.29, 1.82) is 0 Å². The molecule has 0 N–H and O–H groups in total. The van der Waals surface area contributed by atoms with Gasteiger partial charge in [-0.25, -0.2) is 0 Å². The summed E-state index contributed by atoms with van der Waals surface area (Å²) in [6.07, 6.45) is 1.13. The Morgan fingerprint density at radius 3 is 2.05 bits per heavy atom. The molecule has 2 nitrogen and oxygen atoms in total. The first-order valence-electron chi connectivity index (χ1n) is 8.15. The van der Waals surface area contributed by atoms with Gasteiger partial charge in [0.25, 0.3) is 0 Å². The molecular formula is C19H28N2Pd. The van der Waals surface area contributed by atoms with Crippen LogP contribution >= 0.6 is 0 Å². The van der Waals surface area contributed by atoms with Crippen LogP contribution in [0.25, 0.3) is 11.1 Å². The average molecular weight is 391 g/mol. The molecular weight excluding hydrogens is 363 g/mol. The second kappa shape index (κ2) is 8.09. The van der Waals surface area contributed by atoms with Gasteiger partial charge in [0.05, 0.1) is 5.69 Å². The summed E-state index contributed by atoms with van der Waals surface area (Å²) in [7, 11) is 0. The predicted octanol–water partition coefficient (Wildman–Crippen LogP) is 5.77. The van der Waals surface area contributed by atoms with Crippen molar-refractivity contribution >= 4 is 0 Å². The fraction of sp³-hybridized carbons (Fsp3) is 0.526. The van der Waals surface area contributed by atoms with Crippen molar-refractivity contribution in [2.75, 3.05) is 0 Å².